The van der Waals surface area contributed by atoms with Gasteiger partial charge in [0.25, 0.3) is 0 Å². The number of rotatable bonds is 2. The van der Waals surface area contributed by atoms with Crippen molar-refractivity contribution >= 4 is 13.5 Å². The predicted octanol–water partition coefficient (Wildman–Crippen LogP) is 3.65. The van der Waals surface area contributed by atoms with E-state index in [1.165, 1.54) is 0 Å². The zero-order chi connectivity index (χ0) is 11.4. The van der Waals surface area contributed by atoms with Gasteiger partial charge in [0.05, 0.1) is 0 Å². The van der Waals surface area contributed by atoms with Crippen LogP contribution in [0.15, 0.2) is 0 Å². The van der Waals surface area contributed by atoms with Crippen LogP contribution in [0.2, 0.25) is 18.1 Å². The van der Waals surface area contributed by atoms with Crippen LogP contribution in [-0.2, 0) is 4.79 Å². The lowest BCUT2D eigenvalue weighted by atomic mass is 10.1. The largest absolute Gasteiger partial charge is 0.305 e. The normalized spacial score (nSPS) is 26.1. The highest BCUT2D eigenvalue weighted by molar-refractivity contribution is 7.06. The highest BCUT2D eigenvalue weighted by Crippen LogP contribution is 2.55. The summed E-state index contributed by atoms with van der Waals surface area (Å²) in [5.41, 5.74) is 0.298. The second-order valence-electron chi connectivity index (χ2n) is 6.98. The smallest absolute Gasteiger partial charge is 0.132 e. The first kappa shape index (κ1) is 12.0. The summed E-state index contributed by atoms with van der Waals surface area (Å²) in [6.07, 6.45) is 1.11. The van der Waals surface area contributed by atoms with Crippen LogP contribution in [-0.4, -0.2) is 13.5 Å². The maximum atomic E-state index is 12.4. The molecule has 0 heterocycles. The summed E-state index contributed by atoms with van der Waals surface area (Å²) in [6, 6.07) is 0. The minimum Gasteiger partial charge on any atom is -0.305 e. The van der Waals surface area contributed by atoms with Crippen molar-refractivity contribution in [3.05, 3.63) is 0 Å². The second kappa shape index (κ2) is 2.94. The van der Waals surface area contributed by atoms with E-state index in [2.05, 4.69) is 47.7 Å². The minimum absolute atomic E-state index is 0.197. The molecule has 1 unspecified atom stereocenters. The fraction of sp³-hybridized carbons (Fsp3) is 0.917. The molecule has 0 aromatic carbocycles. The molecule has 1 nitrogen and oxygen atoms in total. The predicted molar refractivity (Wildman–Crippen MR) is 64.1 cm³/mol. The molecule has 0 aliphatic heterocycles. The Morgan fingerprint density at radius 2 is 1.64 bits per heavy atom. The quantitative estimate of drug-likeness (QED) is 0.639. The molecular formula is C12H24OSi. The average Bonchev–Trinajstić information content (AvgIpc) is 2.55. The van der Waals surface area contributed by atoms with Crippen molar-refractivity contribution < 1.29 is 4.79 Å². The molecule has 82 valence electrons. The standard InChI is InChI=1S/C12H24OSi/c1-11(2,3)14(6,7)10(13)9-8-12(9,4)5/h9H,8H2,1-7H3. The zero-order valence-electron chi connectivity index (χ0n) is 10.7. The third-order valence-corrected chi connectivity index (χ3v) is 9.65. The van der Waals surface area contributed by atoms with Gasteiger partial charge in [0.2, 0.25) is 0 Å². The van der Waals surface area contributed by atoms with E-state index in [0.29, 0.717) is 16.7 Å². The molecule has 0 amide bonds. The van der Waals surface area contributed by atoms with Crippen molar-refractivity contribution in [3.8, 4) is 0 Å². The molecular weight excluding hydrogens is 188 g/mol. The third-order valence-electron chi connectivity index (χ3n) is 4.32. The lowest BCUT2D eigenvalue weighted by Gasteiger charge is -2.35. The fourth-order valence-electron chi connectivity index (χ4n) is 1.72. The van der Waals surface area contributed by atoms with E-state index in [1.54, 1.807) is 0 Å². The van der Waals surface area contributed by atoms with E-state index < -0.39 is 8.07 Å². The Labute approximate surface area is 89.3 Å². The van der Waals surface area contributed by atoms with Crippen molar-refractivity contribution in [1.82, 2.24) is 0 Å². The van der Waals surface area contributed by atoms with Crippen LogP contribution >= 0.6 is 0 Å². The van der Waals surface area contributed by atoms with E-state index in [4.69, 9.17) is 0 Å². The Hall–Kier alpha value is -0.113. The molecule has 0 N–H and O–H groups in total. The molecule has 1 saturated carbocycles. The minimum atomic E-state index is -1.74. The van der Waals surface area contributed by atoms with Gasteiger partial charge in [-0.25, -0.2) is 0 Å². The Kier molecular flexibility index (Phi) is 2.51. The van der Waals surface area contributed by atoms with Crippen LogP contribution in [0, 0.1) is 11.3 Å². The van der Waals surface area contributed by atoms with Gasteiger partial charge in [-0.3, -0.25) is 0 Å². The van der Waals surface area contributed by atoms with E-state index in [0.717, 1.165) is 6.42 Å². The Balaban J connectivity index is 2.81. The summed E-state index contributed by atoms with van der Waals surface area (Å²) in [7, 11) is -1.74. The number of carbonyl (C=O) groups excluding carboxylic acids is 1. The van der Waals surface area contributed by atoms with Crippen LogP contribution < -0.4 is 0 Å². The first-order valence-electron chi connectivity index (χ1n) is 5.54. The monoisotopic (exact) mass is 212 g/mol. The molecule has 1 rings (SSSR count). The SMILES string of the molecule is CC1(C)CC1C(=O)[Si](C)(C)C(C)(C)C. The Morgan fingerprint density at radius 3 is 1.86 bits per heavy atom. The lowest BCUT2D eigenvalue weighted by Crippen LogP contribution is -2.47. The summed E-state index contributed by atoms with van der Waals surface area (Å²) in [6.45, 7) is 15.5. The molecule has 2 heteroatoms. The topological polar surface area (TPSA) is 17.1 Å². The molecule has 0 saturated heterocycles. The Morgan fingerprint density at radius 1 is 1.29 bits per heavy atom. The van der Waals surface area contributed by atoms with Crippen molar-refractivity contribution in [3.63, 3.8) is 0 Å². The molecule has 1 aliphatic rings. The summed E-state index contributed by atoms with van der Waals surface area (Å²) < 4.78 is 0. The van der Waals surface area contributed by atoms with Crippen molar-refractivity contribution in [1.29, 1.82) is 0 Å². The third kappa shape index (κ3) is 1.81. The van der Waals surface area contributed by atoms with Gasteiger partial charge < -0.3 is 4.79 Å². The summed E-state index contributed by atoms with van der Waals surface area (Å²) in [5, 5.41) is 0.790. The summed E-state index contributed by atoms with van der Waals surface area (Å²) in [4.78, 5) is 12.4. The molecule has 0 spiro atoms. The number of carbonyl (C=O) groups is 1. The van der Waals surface area contributed by atoms with Crippen LogP contribution in [0.3, 0.4) is 0 Å². The van der Waals surface area contributed by atoms with Crippen LogP contribution in [0.4, 0.5) is 0 Å². The van der Waals surface area contributed by atoms with E-state index in [1.807, 2.05) is 0 Å². The number of hydrogen-bond acceptors (Lipinski definition) is 1. The highest BCUT2D eigenvalue weighted by Gasteiger charge is 2.56. The molecule has 1 atom stereocenters. The molecule has 1 aliphatic carbocycles. The average molecular weight is 212 g/mol. The molecule has 0 aromatic heterocycles. The lowest BCUT2D eigenvalue weighted by molar-refractivity contribution is -0.114. The van der Waals surface area contributed by atoms with Gasteiger partial charge in [-0.15, -0.1) is 0 Å². The van der Waals surface area contributed by atoms with Gasteiger partial charge in [0, 0.05) is 5.92 Å². The van der Waals surface area contributed by atoms with Crippen molar-refractivity contribution in [2.24, 2.45) is 11.3 Å². The fourth-order valence-corrected chi connectivity index (χ4v) is 3.82. The highest BCUT2D eigenvalue weighted by atomic mass is 28.3. The Bertz CT molecular complexity index is 258. The van der Waals surface area contributed by atoms with Gasteiger partial charge >= 0.3 is 0 Å². The number of hydrogen-bond donors (Lipinski definition) is 0. The van der Waals surface area contributed by atoms with E-state index in [-0.39, 0.29) is 5.04 Å². The van der Waals surface area contributed by atoms with Gasteiger partial charge in [0.1, 0.15) is 13.5 Å². The van der Waals surface area contributed by atoms with Crippen molar-refractivity contribution in [2.75, 3.05) is 0 Å². The molecule has 0 aromatic rings. The van der Waals surface area contributed by atoms with Gasteiger partial charge in [0.15, 0.2) is 0 Å². The molecule has 14 heavy (non-hydrogen) atoms. The first-order valence-corrected chi connectivity index (χ1v) is 8.54. The molecule has 0 radical (unpaired) electrons. The molecule has 0 bridgehead atoms. The van der Waals surface area contributed by atoms with Crippen LogP contribution in [0.5, 0.6) is 0 Å². The van der Waals surface area contributed by atoms with E-state index >= 15 is 0 Å². The maximum Gasteiger partial charge on any atom is 0.132 e. The molecule has 1 fully saturated rings. The van der Waals surface area contributed by atoms with Gasteiger partial charge in [-0.2, -0.15) is 0 Å². The van der Waals surface area contributed by atoms with Crippen LogP contribution in [0.1, 0.15) is 41.0 Å². The summed E-state index contributed by atoms with van der Waals surface area (Å²) in [5.74, 6) is 0.364. The summed E-state index contributed by atoms with van der Waals surface area (Å²) >= 11 is 0. The maximum absolute atomic E-state index is 12.4. The second-order valence-corrected chi connectivity index (χ2v) is 12.2. The van der Waals surface area contributed by atoms with Gasteiger partial charge in [-0.1, -0.05) is 47.7 Å². The zero-order valence-corrected chi connectivity index (χ0v) is 11.7. The first-order chi connectivity index (χ1) is 6.00. The van der Waals surface area contributed by atoms with E-state index in [9.17, 15) is 4.79 Å². The van der Waals surface area contributed by atoms with Crippen LogP contribution in [0.25, 0.3) is 0 Å². The van der Waals surface area contributed by atoms with Crippen molar-refractivity contribution in [2.45, 2.75) is 59.2 Å². The van der Waals surface area contributed by atoms with Gasteiger partial charge in [-0.05, 0) is 16.9 Å².